The molecule has 1 N–H and O–H groups in total. The van der Waals surface area contributed by atoms with Crippen LogP contribution in [-0.4, -0.2) is 11.9 Å². The van der Waals surface area contributed by atoms with Crippen molar-refractivity contribution in [2.75, 3.05) is 5.88 Å². The van der Waals surface area contributed by atoms with E-state index in [1.165, 1.54) is 4.90 Å². The fourth-order valence-corrected chi connectivity index (χ4v) is 1.86. The fourth-order valence-electron chi connectivity index (χ4n) is 0.822. The number of rotatable bonds is 4. The lowest BCUT2D eigenvalue weighted by Crippen LogP contribution is -2.21. The van der Waals surface area contributed by atoms with Gasteiger partial charge in [0.05, 0.1) is 0 Å². The lowest BCUT2D eigenvalue weighted by Gasteiger charge is -2.07. The van der Waals surface area contributed by atoms with Gasteiger partial charge in [-0.2, -0.15) is 0 Å². The van der Waals surface area contributed by atoms with Gasteiger partial charge in [-0.05, 0) is 24.3 Å². The van der Waals surface area contributed by atoms with Crippen molar-refractivity contribution in [2.24, 2.45) is 0 Å². The molecule has 3 heteroatoms. The standard InChI is InChI=1S/C10H14ClNS/c1-8(2)12-7-13-10-5-3-9(11)4-6-10/h3-6,8,12H,7H2,1-2H3. The summed E-state index contributed by atoms with van der Waals surface area (Å²) in [5, 5.41) is 4.13. The van der Waals surface area contributed by atoms with Crippen LogP contribution in [0.2, 0.25) is 5.02 Å². The number of thioether (sulfide) groups is 1. The van der Waals surface area contributed by atoms with Crippen LogP contribution in [0.5, 0.6) is 0 Å². The normalized spacial score (nSPS) is 10.8. The molecule has 1 aromatic rings. The number of hydrogen-bond acceptors (Lipinski definition) is 2. The quantitative estimate of drug-likeness (QED) is 0.611. The third kappa shape index (κ3) is 4.55. The Labute approximate surface area is 88.9 Å². The van der Waals surface area contributed by atoms with Gasteiger partial charge in [-0.25, -0.2) is 0 Å². The van der Waals surface area contributed by atoms with Gasteiger partial charge in [-0.1, -0.05) is 25.4 Å². The Kier molecular flexibility index (Phi) is 4.64. The molecule has 0 saturated heterocycles. The second-order valence-electron chi connectivity index (χ2n) is 3.10. The molecule has 0 unspecified atom stereocenters. The molecule has 72 valence electrons. The maximum absolute atomic E-state index is 5.77. The summed E-state index contributed by atoms with van der Waals surface area (Å²) in [7, 11) is 0. The first-order valence-electron chi connectivity index (χ1n) is 4.30. The molecule has 0 aliphatic rings. The summed E-state index contributed by atoms with van der Waals surface area (Å²) in [6, 6.07) is 8.45. The van der Waals surface area contributed by atoms with Crippen LogP contribution in [0.3, 0.4) is 0 Å². The highest BCUT2D eigenvalue weighted by atomic mass is 35.5. The molecule has 0 bridgehead atoms. The summed E-state index contributed by atoms with van der Waals surface area (Å²) in [6.45, 7) is 4.28. The highest BCUT2D eigenvalue weighted by Gasteiger charge is 1.94. The summed E-state index contributed by atoms with van der Waals surface area (Å²) in [6.07, 6.45) is 0. The predicted octanol–water partition coefficient (Wildman–Crippen LogP) is 3.39. The van der Waals surface area contributed by atoms with Crippen LogP contribution in [0.4, 0.5) is 0 Å². The monoisotopic (exact) mass is 215 g/mol. The highest BCUT2D eigenvalue weighted by molar-refractivity contribution is 7.99. The Morgan fingerprint density at radius 1 is 1.31 bits per heavy atom. The van der Waals surface area contributed by atoms with E-state index in [-0.39, 0.29) is 0 Å². The molecule has 0 fully saturated rings. The first-order valence-corrected chi connectivity index (χ1v) is 5.66. The Bertz CT molecular complexity index is 246. The van der Waals surface area contributed by atoms with E-state index in [2.05, 4.69) is 19.2 Å². The lowest BCUT2D eigenvalue weighted by molar-refractivity contribution is 0.654. The van der Waals surface area contributed by atoms with Crippen molar-refractivity contribution in [3.63, 3.8) is 0 Å². The van der Waals surface area contributed by atoms with Gasteiger partial charge < -0.3 is 5.32 Å². The minimum absolute atomic E-state index is 0.541. The van der Waals surface area contributed by atoms with Crippen molar-refractivity contribution in [3.05, 3.63) is 29.3 Å². The summed E-state index contributed by atoms with van der Waals surface area (Å²) in [5.74, 6) is 0.944. The van der Waals surface area contributed by atoms with E-state index in [1.807, 2.05) is 24.3 Å². The van der Waals surface area contributed by atoms with Gasteiger partial charge in [0, 0.05) is 21.8 Å². The van der Waals surface area contributed by atoms with Crippen LogP contribution >= 0.6 is 23.4 Å². The summed E-state index contributed by atoms with van der Waals surface area (Å²) in [5.41, 5.74) is 0. The molecule has 0 aliphatic heterocycles. The molecule has 1 aromatic carbocycles. The van der Waals surface area contributed by atoms with Crippen molar-refractivity contribution < 1.29 is 0 Å². The van der Waals surface area contributed by atoms with E-state index in [0.717, 1.165) is 10.9 Å². The van der Waals surface area contributed by atoms with Gasteiger partial charge in [0.15, 0.2) is 0 Å². The fraction of sp³-hybridized carbons (Fsp3) is 0.400. The van der Waals surface area contributed by atoms with Crippen LogP contribution in [0.25, 0.3) is 0 Å². The Balaban J connectivity index is 2.33. The molecule has 0 radical (unpaired) electrons. The van der Waals surface area contributed by atoms with Crippen molar-refractivity contribution in [1.82, 2.24) is 5.32 Å². The molecule has 0 aliphatic carbocycles. The average Bonchev–Trinajstić information content (AvgIpc) is 2.08. The molecule has 0 spiro atoms. The topological polar surface area (TPSA) is 12.0 Å². The number of hydrogen-bond donors (Lipinski definition) is 1. The van der Waals surface area contributed by atoms with Gasteiger partial charge in [0.1, 0.15) is 0 Å². The lowest BCUT2D eigenvalue weighted by atomic mass is 10.4. The van der Waals surface area contributed by atoms with Gasteiger partial charge in [0.2, 0.25) is 0 Å². The molecular formula is C10H14ClNS. The first kappa shape index (κ1) is 10.9. The van der Waals surface area contributed by atoms with Gasteiger partial charge in [-0.15, -0.1) is 11.8 Å². The molecule has 1 rings (SSSR count). The van der Waals surface area contributed by atoms with Gasteiger partial charge in [-0.3, -0.25) is 0 Å². The van der Waals surface area contributed by atoms with Crippen LogP contribution in [0.15, 0.2) is 29.2 Å². The maximum Gasteiger partial charge on any atom is 0.0467 e. The molecular weight excluding hydrogens is 202 g/mol. The van der Waals surface area contributed by atoms with E-state index in [4.69, 9.17) is 11.6 Å². The molecule has 0 aromatic heterocycles. The number of nitrogens with one attached hydrogen (secondary N) is 1. The van der Waals surface area contributed by atoms with E-state index < -0.39 is 0 Å². The first-order chi connectivity index (χ1) is 6.18. The SMILES string of the molecule is CC(C)NCSc1ccc(Cl)cc1. The molecule has 13 heavy (non-hydrogen) atoms. The van der Waals surface area contributed by atoms with Crippen LogP contribution in [0.1, 0.15) is 13.8 Å². The number of halogens is 1. The van der Waals surface area contributed by atoms with Gasteiger partial charge >= 0.3 is 0 Å². The zero-order valence-electron chi connectivity index (χ0n) is 7.88. The maximum atomic E-state index is 5.77. The van der Waals surface area contributed by atoms with Crippen molar-refractivity contribution in [1.29, 1.82) is 0 Å². The molecule has 0 saturated carbocycles. The summed E-state index contributed by atoms with van der Waals surface area (Å²) >= 11 is 7.56. The molecule has 1 nitrogen and oxygen atoms in total. The Hall–Kier alpha value is -0.180. The van der Waals surface area contributed by atoms with Crippen LogP contribution in [0, 0.1) is 0 Å². The predicted molar refractivity (Wildman–Crippen MR) is 60.4 cm³/mol. The van der Waals surface area contributed by atoms with Crippen molar-refractivity contribution in [2.45, 2.75) is 24.8 Å². The summed E-state index contributed by atoms with van der Waals surface area (Å²) < 4.78 is 0. The molecule has 0 heterocycles. The minimum atomic E-state index is 0.541. The zero-order chi connectivity index (χ0) is 9.68. The largest absolute Gasteiger partial charge is 0.305 e. The third-order valence-electron chi connectivity index (χ3n) is 1.54. The zero-order valence-corrected chi connectivity index (χ0v) is 9.45. The average molecular weight is 216 g/mol. The van der Waals surface area contributed by atoms with E-state index in [0.29, 0.717) is 6.04 Å². The Morgan fingerprint density at radius 2 is 1.92 bits per heavy atom. The van der Waals surface area contributed by atoms with E-state index in [9.17, 15) is 0 Å². The smallest absolute Gasteiger partial charge is 0.0467 e. The molecule has 0 amide bonds. The molecule has 0 atom stereocenters. The van der Waals surface area contributed by atoms with Crippen LogP contribution in [-0.2, 0) is 0 Å². The second-order valence-corrected chi connectivity index (χ2v) is 4.59. The number of benzene rings is 1. The Morgan fingerprint density at radius 3 is 2.46 bits per heavy atom. The minimum Gasteiger partial charge on any atom is -0.305 e. The third-order valence-corrected chi connectivity index (χ3v) is 2.71. The van der Waals surface area contributed by atoms with E-state index >= 15 is 0 Å². The van der Waals surface area contributed by atoms with Gasteiger partial charge in [0.25, 0.3) is 0 Å². The second kappa shape index (κ2) is 5.53. The van der Waals surface area contributed by atoms with E-state index in [1.54, 1.807) is 11.8 Å². The van der Waals surface area contributed by atoms with Crippen LogP contribution < -0.4 is 5.32 Å². The van der Waals surface area contributed by atoms with Crippen molar-refractivity contribution in [3.8, 4) is 0 Å². The highest BCUT2D eigenvalue weighted by Crippen LogP contribution is 2.19. The van der Waals surface area contributed by atoms with Crippen molar-refractivity contribution >= 4 is 23.4 Å². The summed E-state index contributed by atoms with van der Waals surface area (Å²) in [4.78, 5) is 1.25.